The summed E-state index contributed by atoms with van der Waals surface area (Å²) in [6.07, 6.45) is 9.05. The molecule has 18 heavy (non-hydrogen) atoms. The van der Waals surface area contributed by atoms with Crippen molar-refractivity contribution in [3.05, 3.63) is 28.4 Å². The smallest absolute Gasteiger partial charge is 0.363 e. The number of anilines is 1. The first-order valence-corrected chi connectivity index (χ1v) is 6.58. The average molecular weight is 251 g/mol. The molecule has 0 radical (unpaired) electrons. The second kappa shape index (κ2) is 8.44. The van der Waals surface area contributed by atoms with E-state index in [0.29, 0.717) is 0 Å². The molecule has 0 saturated heterocycles. The number of rotatable bonds is 9. The molecule has 0 spiro atoms. The first kappa shape index (κ1) is 14.4. The summed E-state index contributed by atoms with van der Waals surface area (Å²) >= 11 is 0. The molecule has 5 nitrogen and oxygen atoms in total. The van der Waals surface area contributed by atoms with Gasteiger partial charge >= 0.3 is 5.82 Å². The maximum absolute atomic E-state index is 10.4. The predicted octanol–water partition coefficient (Wildman–Crippen LogP) is 3.76. The topological polar surface area (TPSA) is 68.1 Å². The molecule has 1 rings (SSSR count). The van der Waals surface area contributed by atoms with Crippen LogP contribution < -0.4 is 5.32 Å². The van der Waals surface area contributed by atoms with Gasteiger partial charge in [0.15, 0.2) is 6.20 Å². The van der Waals surface area contributed by atoms with E-state index in [1.807, 2.05) is 0 Å². The molecule has 1 N–H and O–H groups in total. The fourth-order valence-corrected chi connectivity index (χ4v) is 1.74. The molecule has 0 aliphatic heterocycles. The molecule has 0 atom stereocenters. The Hall–Kier alpha value is -1.65. The van der Waals surface area contributed by atoms with Gasteiger partial charge in [0.05, 0.1) is 5.69 Å². The third-order valence-corrected chi connectivity index (χ3v) is 2.79. The monoisotopic (exact) mass is 251 g/mol. The van der Waals surface area contributed by atoms with Gasteiger partial charge in [-0.25, -0.2) is 0 Å². The number of nitro groups is 1. The average Bonchev–Trinajstić information content (AvgIpc) is 2.38. The summed E-state index contributed by atoms with van der Waals surface area (Å²) < 4.78 is 0. The molecule has 1 aromatic rings. The molecule has 0 aromatic carbocycles. The van der Waals surface area contributed by atoms with Crippen LogP contribution in [0.3, 0.4) is 0 Å². The summed E-state index contributed by atoms with van der Waals surface area (Å²) in [6, 6.07) is 3.12. The van der Waals surface area contributed by atoms with Crippen molar-refractivity contribution >= 4 is 11.5 Å². The molecule has 5 heteroatoms. The Bertz CT molecular complexity index is 352. The van der Waals surface area contributed by atoms with Crippen molar-refractivity contribution in [1.29, 1.82) is 0 Å². The van der Waals surface area contributed by atoms with Crippen molar-refractivity contribution in [2.45, 2.75) is 45.4 Å². The molecule has 0 saturated carbocycles. The van der Waals surface area contributed by atoms with Crippen LogP contribution in [-0.2, 0) is 0 Å². The first-order valence-electron chi connectivity index (χ1n) is 6.58. The highest BCUT2D eigenvalue weighted by Crippen LogP contribution is 2.12. The van der Waals surface area contributed by atoms with Crippen LogP contribution in [0.15, 0.2) is 18.3 Å². The van der Waals surface area contributed by atoms with Crippen LogP contribution in [0.25, 0.3) is 0 Å². The van der Waals surface area contributed by atoms with E-state index >= 15 is 0 Å². The number of unbranched alkanes of at least 4 members (excludes halogenated alkanes) is 5. The Morgan fingerprint density at radius 3 is 2.56 bits per heavy atom. The van der Waals surface area contributed by atoms with E-state index in [9.17, 15) is 10.1 Å². The van der Waals surface area contributed by atoms with Crippen LogP contribution in [0.1, 0.15) is 45.4 Å². The number of hydrogen-bond donors (Lipinski definition) is 1. The summed E-state index contributed by atoms with van der Waals surface area (Å²) in [6.45, 7) is 3.11. The molecule has 0 aliphatic rings. The number of aromatic nitrogens is 1. The molecular formula is C13H21N3O2. The second-order valence-electron chi connectivity index (χ2n) is 4.36. The Labute approximate surface area is 108 Å². The van der Waals surface area contributed by atoms with Gasteiger partial charge in [0, 0.05) is 12.6 Å². The third-order valence-electron chi connectivity index (χ3n) is 2.79. The van der Waals surface area contributed by atoms with Gasteiger partial charge in [-0.3, -0.25) is 0 Å². The van der Waals surface area contributed by atoms with E-state index in [-0.39, 0.29) is 5.82 Å². The molecule has 0 amide bonds. The normalized spacial score (nSPS) is 10.3. The van der Waals surface area contributed by atoms with Crippen LogP contribution in [0.4, 0.5) is 11.5 Å². The van der Waals surface area contributed by atoms with Gasteiger partial charge in [-0.05, 0) is 22.4 Å². The number of hydrogen-bond acceptors (Lipinski definition) is 4. The Morgan fingerprint density at radius 2 is 1.94 bits per heavy atom. The summed E-state index contributed by atoms with van der Waals surface area (Å²) in [7, 11) is 0. The lowest BCUT2D eigenvalue weighted by molar-refractivity contribution is -0.389. The van der Waals surface area contributed by atoms with E-state index in [1.165, 1.54) is 44.4 Å². The van der Waals surface area contributed by atoms with Crippen molar-refractivity contribution in [3.63, 3.8) is 0 Å². The van der Waals surface area contributed by atoms with E-state index in [1.54, 1.807) is 6.07 Å². The number of nitrogens with zero attached hydrogens (tertiary/aromatic N) is 2. The standard InChI is InChI=1S/C13H21N3O2/c1-2-3-4-5-6-7-10-14-12-8-9-13(15-11-12)16(17)18/h8-9,11,14H,2-7,10H2,1H3. The lowest BCUT2D eigenvalue weighted by Crippen LogP contribution is -2.02. The van der Waals surface area contributed by atoms with Gasteiger partial charge in [0.2, 0.25) is 0 Å². The molecule has 0 bridgehead atoms. The van der Waals surface area contributed by atoms with Crippen LogP contribution in [0.5, 0.6) is 0 Å². The highest BCUT2D eigenvalue weighted by atomic mass is 16.6. The van der Waals surface area contributed by atoms with Crippen molar-refractivity contribution in [1.82, 2.24) is 4.98 Å². The molecule has 1 heterocycles. The molecular weight excluding hydrogens is 230 g/mol. The van der Waals surface area contributed by atoms with Gasteiger partial charge in [-0.2, -0.15) is 0 Å². The van der Waals surface area contributed by atoms with E-state index in [2.05, 4.69) is 17.2 Å². The van der Waals surface area contributed by atoms with Crippen LogP contribution in [-0.4, -0.2) is 16.5 Å². The van der Waals surface area contributed by atoms with Gasteiger partial charge in [-0.15, -0.1) is 0 Å². The lowest BCUT2D eigenvalue weighted by atomic mass is 10.1. The van der Waals surface area contributed by atoms with Crippen LogP contribution in [0.2, 0.25) is 0 Å². The molecule has 1 aromatic heterocycles. The largest absolute Gasteiger partial charge is 0.382 e. The van der Waals surface area contributed by atoms with E-state index in [0.717, 1.165) is 18.7 Å². The zero-order chi connectivity index (χ0) is 13.2. The van der Waals surface area contributed by atoms with Gasteiger partial charge in [0.1, 0.15) is 0 Å². The minimum atomic E-state index is -0.489. The lowest BCUT2D eigenvalue weighted by Gasteiger charge is -2.04. The van der Waals surface area contributed by atoms with Gasteiger partial charge in [0.25, 0.3) is 0 Å². The first-order chi connectivity index (χ1) is 8.74. The SMILES string of the molecule is CCCCCCCCNc1ccc([N+](=O)[O-])nc1. The van der Waals surface area contributed by atoms with Crippen molar-refractivity contribution in [2.75, 3.05) is 11.9 Å². The summed E-state index contributed by atoms with van der Waals surface area (Å²) in [5.74, 6) is -0.111. The predicted molar refractivity (Wildman–Crippen MR) is 72.8 cm³/mol. The highest BCUT2D eigenvalue weighted by Gasteiger charge is 2.05. The van der Waals surface area contributed by atoms with E-state index in [4.69, 9.17) is 0 Å². The molecule has 0 fully saturated rings. The van der Waals surface area contributed by atoms with Gasteiger partial charge in [-0.1, -0.05) is 39.0 Å². The van der Waals surface area contributed by atoms with Crippen molar-refractivity contribution < 1.29 is 4.92 Å². The number of nitrogens with one attached hydrogen (secondary N) is 1. The zero-order valence-corrected chi connectivity index (χ0v) is 10.9. The minimum absolute atomic E-state index is 0.111. The second-order valence-corrected chi connectivity index (χ2v) is 4.36. The fraction of sp³-hybridized carbons (Fsp3) is 0.615. The molecule has 100 valence electrons. The Kier molecular flexibility index (Phi) is 6.76. The van der Waals surface area contributed by atoms with Gasteiger partial charge < -0.3 is 15.4 Å². The quantitative estimate of drug-likeness (QED) is 0.412. The Balaban J connectivity index is 2.14. The molecule has 0 aliphatic carbocycles. The van der Waals surface area contributed by atoms with Crippen molar-refractivity contribution in [2.24, 2.45) is 0 Å². The molecule has 0 unspecified atom stereocenters. The van der Waals surface area contributed by atoms with Crippen molar-refractivity contribution in [3.8, 4) is 0 Å². The fourth-order valence-electron chi connectivity index (χ4n) is 1.74. The number of pyridine rings is 1. The van der Waals surface area contributed by atoms with Crippen LogP contribution >= 0.6 is 0 Å². The third kappa shape index (κ3) is 5.61. The summed E-state index contributed by atoms with van der Waals surface area (Å²) in [5.41, 5.74) is 0.842. The maximum Gasteiger partial charge on any atom is 0.363 e. The summed E-state index contributed by atoms with van der Waals surface area (Å²) in [4.78, 5) is 13.7. The zero-order valence-electron chi connectivity index (χ0n) is 10.9. The minimum Gasteiger partial charge on any atom is -0.382 e. The highest BCUT2D eigenvalue weighted by molar-refractivity contribution is 5.43. The maximum atomic E-state index is 10.4. The Morgan fingerprint density at radius 1 is 1.22 bits per heavy atom. The van der Waals surface area contributed by atoms with E-state index < -0.39 is 4.92 Å². The summed E-state index contributed by atoms with van der Waals surface area (Å²) in [5, 5.41) is 13.6. The van der Waals surface area contributed by atoms with Crippen LogP contribution in [0, 0.1) is 10.1 Å².